The average molecular weight is 339 g/mol. The van der Waals surface area contributed by atoms with E-state index in [4.69, 9.17) is 5.73 Å². The first-order chi connectivity index (χ1) is 12.0. The number of aryl methyl sites for hydroxylation is 1. The van der Waals surface area contributed by atoms with E-state index in [2.05, 4.69) is 4.98 Å². The number of amides is 2. The van der Waals surface area contributed by atoms with Crippen molar-refractivity contribution in [3.05, 3.63) is 53.6 Å². The van der Waals surface area contributed by atoms with Crippen LogP contribution in [-0.4, -0.2) is 56.8 Å². The van der Waals surface area contributed by atoms with Gasteiger partial charge < -0.3 is 20.1 Å². The Morgan fingerprint density at radius 3 is 2.84 bits per heavy atom. The van der Waals surface area contributed by atoms with Crippen molar-refractivity contribution in [3.63, 3.8) is 0 Å². The van der Waals surface area contributed by atoms with E-state index in [0.29, 0.717) is 25.2 Å². The van der Waals surface area contributed by atoms with Crippen LogP contribution in [0.15, 0.2) is 36.8 Å². The van der Waals surface area contributed by atoms with Crippen molar-refractivity contribution in [2.45, 2.75) is 18.5 Å². The van der Waals surface area contributed by atoms with Crippen molar-refractivity contribution in [1.29, 1.82) is 0 Å². The van der Waals surface area contributed by atoms with Crippen LogP contribution in [0, 0.1) is 0 Å². The predicted molar refractivity (Wildman–Crippen MR) is 91.7 cm³/mol. The lowest BCUT2D eigenvalue weighted by molar-refractivity contribution is -0.131. The number of likely N-dealkylation sites (tertiary alicyclic amines) is 1. The summed E-state index contributed by atoms with van der Waals surface area (Å²) in [5.41, 5.74) is 8.96. The molecule has 2 amide bonds. The molecular formula is C18H21N5O2. The molecule has 0 unspecified atom stereocenters. The molecule has 0 saturated carbocycles. The number of aromatic nitrogens is 2. The fraction of sp³-hybridized carbons (Fsp3) is 0.389. The molecular weight excluding hydrogens is 318 g/mol. The highest BCUT2D eigenvalue weighted by molar-refractivity contribution is 6.00. The zero-order valence-electron chi connectivity index (χ0n) is 14.1. The Bertz CT molecular complexity index is 830. The van der Waals surface area contributed by atoms with Gasteiger partial charge in [-0.15, -0.1) is 0 Å². The fourth-order valence-corrected chi connectivity index (χ4v) is 3.78. The minimum Gasteiger partial charge on any atom is -0.339 e. The zero-order chi connectivity index (χ0) is 17.6. The van der Waals surface area contributed by atoms with Crippen LogP contribution in [0.25, 0.3) is 0 Å². The van der Waals surface area contributed by atoms with Gasteiger partial charge in [0.1, 0.15) is 6.54 Å². The normalized spacial score (nSPS) is 22.6. The molecule has 0 spiro atoms. The summed E-state index contributed by atoms with van der Waals surface area (Å²) in [6, 6.07) is 7.38. The van der Waals surface area contributed by atoms with Gasteiger partial charge in [0.25, 0.3) is 5.91 Å². The van der Waals surface area contributed by atoms with Gasteiger partial charge >= 0.3 is 0 Å². The van der Waals surface area contributed by atoms with Gasteiger partial charge in [-0.1, -0.05) is 18.2 Å². The van der Waals surface area contributed by atoms with Gasteiger partial charge in [-0.3, -0.25) is 9.59 Å². The summed E-state index contributed by atoms with van der Waals surface area (Å²) in [6.45, 7) is 1.66. The minimum absolute atomic E-state index is 0.0544. The summed E-state index contributed by atoms with van der Waals surface area (Å²) in [5, 5.41) is 0. The van der Waals surface area contributed by atoms with E-state index in [-0.39, 0.29) is 30.3 Å². The molecule has 25 heavy (non-hydrogen) atoms. The molecule has 2 N–H and O–H groups in total. The third kappa shape index (κ3) is 2.70. The number of hydrogen-bond acceptors (Lipinski definition) is 4. The first-order valence-corrected chi connectivity index (χ1v) is 8.41. The molecule has 4 rings (SSSR count). The lowest BCUT2D eigenvalue weighted by Crippen LogP contribution is -2.40. The van der Waals surface area contributed by atoms with Gasteiger partial charge in [0.05, 0.1) is 6.33 Å². The average Bonchev–Trinajstić information content (AvgIpc) is 3.26. The van der Waals surface area contributed by atoms with Gasteiger partial charge in [-0.25, -0.2) is 4.98 Å². The minimum atomic E-state index is -0.120. The number of benzene rings is 1. The molecule has 1 saturated heterocycles. The number of fused-ring (bicyclic) bond motifs is 1. The SMILES string of the molecule is Cn1cncc1[C@@H]1CN(C(=O)CN2Cc3ccccc3C2=O)C[C@H]1N. The van der Waals surface area contributed by atoms with Crippen LogP contribution in [-0.2, 0) is 18.4 Å². The largest absolute Gasteiger partial charge is 0.339 e. The first-order valence-electron chi connectivity index (χ1n) is 8.41. The molecule has 1 aromatic carbocycles. The fourth-order valence-electron chi connectivity index (χ4n) is 3.78. The third-order valence-electron chi connectivity index (χ3n) is 5.17. The summed E-state index contributed by atoms with van der Waals surface area (Å²) in [7, 11) is 1.93. The zero-order valence-corrected chi connectivity index (χ0v) is 14.1. The number of nitrogens with two attached hydrogens (primary N) is 1. The number of imidazole rings is 1. The Morgan fingerprint density at radius 1 is 1.32 bits per heavy atom. The van der Waals surface area contributed by atoms with E-state index in [9.17, 15) is 9.59 Å². The first kappa shape index (κ1) is 15.8. The van der Waals surface area contributed by atoms with Crippen LogP contribution in [0.1, 0.15) is 27.5 Å². The summed E-state index contributed by atoms with van der Waals surface area (Å²) in [4.78, 5) is 32.6. The smallest absolute Gasteiger partial charge is 0.254 e. The molecule has 2 aliphatic heterocycles. The molecule has 2 aliphatic rings. The monoisotopic (exact) mass is 339 g/mol. The highest BCUT2D eigenvalue weighted by Crippen LogP contribution is 2.27. The van der Waals surface area contributed by atoms with E-state index >= 15 is 0 Å². The Hall–Kier alpha value is -2.67. The summed E-state index contributed by atoms with van der Waals surface area (Å²) in [5.74, 6) is -0.0557. The maximum Gasteiger partial charge on any atom is 0.254 e. The second kappa shape index (κ2) is 6.00. The molecule has 2 atom stereocenters. The van der Waals surface area contributed by atoms with Gasteiger partial charge in [-0.2, -0.15) is 0 Å². The van der Waals surface area contributed by atoms with E-state index in [0.717, 1.165) is 11.3 Å². The molecule has 7 nitrogen and oxygen atoms in total. The second-order valence-electron chi connectivity index (χ2n) is 6.82. The van der Waals surface area contributed by atoms with Crippen molar-refractivity contribution in [3.8, 4) is 0 Å². The molecule has 1 fully saturated rings. The number of nitrogens with zero attached hydrogens (tertiary/aromatic N) is 4. The van der Waals surface area contributed by atoms with Crippen LogP contribution >= 0.6 is 0 Å². The Morgan fingerprint density at radius 2 is 2.12 bits per heavy atom. The van der Waals surface area contributed by atoms with Crippen molar-refractivity contribution in [2.75, 3.05) is 19.6 Å². The van der Waals surface area contributed by atoms with Crippen molar-refractivity contribution in [1.82, 2.24) is 19.4 Å². The standard InChI is InChI=1S/C18H21N5O2/c1-21-11-20-6-16(21)14-8-22(9-15(14)19)17(24)10-23-7-12-4-2-3-5-13(12)18(23)25/h2-6,11,14-15H,7-10,19H2,1H3/t14-,15-/m1/s1. The van der Waals surface area contributed by atoms with Gasteiger partial charge in [0.15, 0.2) is 0 Å². The van der Waals surface area contributed by atoms with Crippen molar-refractivity contribution >= 4 is 11.8 Å². The van der Waals surface area contributed by atoms with E-state index < -0.39 is 0 Å². The van der Waals surface area contributed by atoms with Gasteiger partial charge in [0.2, 0.25) is 5.91 Å². The van der Waals surface area contributed by atoms with Crippen LogP contribution in [0.4, 0.5) is 0 Å². The number of hydrogen-bond donors (Lipinski definition) is 1. The van der Waals surface area contributed by atoms with Crippen LogP contribution in [0.3, 0.4) is 0 Å². The van der Waals surface area contributed by atoms with Crippen LogP contribution < -0.4 is 5.73 Å². The van der Waals surface area contributed by atoms with Crippen LogP contribution in [0.5, 0.6) is 0 Å². The summed E-state index contributed by atoms with van der Waals surface area (Å²) < 4.78 is 1.94. The van der Waals surface area contributed by atoms with Gasteiger partial charge in [-0.05, 0) is 11.6 Å². The molecule has 130 valence electrons. The molecule has 3 heterocycles. The second-order valence-corrected chi connectivity index (χ2v) is 6.82. The Kier molecular flexibility index (Phi) is 3.80. The highest BCUT2D eigenvalue weighted by Gasteiger charge is 2.37. The predicted octanol–water partition coefficient (Wildman–Crippen LogP) is 0.329. The molecule has 0 aliphatic carbocycles. The third-order valence-corrected chi connectivity index (χ3v) is 5.17. The molecule has 7 heteroatoms. The topological polar surface area (TPSA) is 84.5 Å². The summed E-state index contributed by atoms with van der Waals surface area (Å²) >= 11 is 0. The van der Waals surface area contributed by atoms with Gasteiger partial charge in [0, 0.05) is 56.1 Å². The van der Waals surface area contributed by atoms with Crippen molar-refractivity contribution < 1.29 is 9.59 Å². The number of carbonyl (C=O) groups excluding carboxylic acids is 2. The maximum absolute atomic E-state index is 12.7. The number of rotatable bonds is 3. The lowest BCUT2D eigenvalue weighted by Gasteiger charge is -2.21. The van der Waals surface area contributed by atoms with Crippen LogP contribution in [0.2, 0.25) is 0 Å². The van der Waals surface area contributed by atoms with E-state index in [1.54, 1.807) is 22.3 Å². The number of carbonyl (C=O) groups is 2. The molecule has 1 aromatic heterocycles. The molecule has 2 aromatic rings. The highest BCUT2D eigenvalue weighted by atomic mass is 16.2. The maximum atomic E-state index is 12.7. The lowest BCUT2D eigenvalue weighted by atomic mass is 10.0. The Balaban J connectivity index is 1.43. The van der Waals surface area contributed by atoms with Crippen molar-refractivity contribution in [2.24, 2.45) is 12.8 Å². The summed E-state index contributed by atoms with van der Waals surface area (Å²) in [6.07, 6.45) is 3.55. The Labute approximate surface area is 146 Å². The molecule has 0 radical (unpaired) electrons. The quantitative estimate of drug-likeness (QED) is 0.873. The van der Waals surface area contributed by atoms with E-state index in [1.165, 1.54) is 0 Å². The molecule has 0 bridgehead atoms. The van der Waals surface area contributed by atoms with E-state index in [1.807, 2.05) is 35.9 Å².